The van der Waals surface area contributed by atoms with Crippen molar-refractivity contribution in [3.05, 3.63) is 5.56 Å². The molecule has 0 aromatic carbocycles. The third kappa shape index (κ3) is 2.91. The molecule has 0 radical (unpaired) electrons. The van der Waals surface area contributed by atoms with E-state index in [1.807, 2.05) is 13.8 Å². The van der Waals surface area contributed by atoms with E-state index in [2.05, 4.69) is 15.0 Å². The molecule has 100 valence electrons. The molecule has 0 aliphatic carbocycles. The minimum atomic E-state index is -0.183. The Balaban J connectivity index is 2.12. The van der Waals surface area contributed by atoms with E-state index < -0.39 is 0 Å². The molecule has 1 saturated heterocycles. The van der Waals surface area contributed by atoms with E-state index in [1.165, 1.54) is 11.5 Å². The number of nitrogens with zero attached hydrogens (tertiary/aromatic N) is 1. The maximum atomic E-state index is 12.0. The Kier molecular flexibility index (Phi) is 4.03. The standard InChI is InChI=1S/C11H18N4O2S/c1-6(2)13-10(16)8-9(12)15-18-11(8)14-7-3-4-17-5-7/h6-7,14H,3-5H2,1-2H3,(H2,12,15)(H,13,16). The zero-order valence-corrected chi connectivity index (χ0v) is 11.3. The van der Waals surface area contributed by atoms with Crippen molar-refractivity contribution in [2.24, 2.45) is 0 Å². The van der Waals surface area contributed by atoms with Gasteiger partial charge >= 0.3 is 0 Å². The molecule has 1 atom stereocenters. The lowest BCUT2D eigenvalue weighted by Crippen LogP contribution is -2.31. The molecule has 2 heterocycles. The van der Waals surface area contributed by atoms with Crippen LogP contribution in [0.1, 0.15) is 30.6 Å². The molecule has 1 aliphatic heterocycles. The predicted octanol–water partition coefficient (Wildman–Crippen LogP) is 1.06. The van der Waals surface area contributed by atoms with Crippen molar-refractivity contribution >= 4 is 28.3 Å². The highest BCUT2D eigenvalue weighted by molar-refractivity contribution is 7.11. The number of amides is 1. The summed E-state index contributed by atoms with van der Waals surface area (Å²) >= 11 is 1.22. The predicted molar refractivity (Wildman–Crippen MR) is 72.0 cm³/mol. The van der Waals surface area contributed by atoms with Crippen LogP contribution in [0.25, 0.3) is 0 Å². The fraction of sp³-hybridized carbons (Fsp3) is 0.636. The van der Waals surface area contributed by atoms with Crippen LogP contribution in [-0.2, 0) is 4.74 Å². The first-order chi connectivity index (χ1) is 8.58. The highest BCUT2D eigenvalue weighted by Gasteiger charge is 2.23. The number of aromatic nitrogens is 1. The maximum absolute atomic E-state index is 12.0. The van der Waals surface area contributed by atoms with Gasteiger partial charge in [-0.05, 0) is 31.8 Å². The summed E-state index contributed by atoms with van der Waals surface area (Å²) in [5.74, 6) is 0.0947. The molecule has 1 unspecified atom stereocenters. The Morgan fingerprint density at radius 2 is 2.39 bits per heavy atom. The number of ether oxygens (including phenoxy) is 1. The highest BCUT2D eigenvalue weighted by Crippen LogP contribution is 2.28. The molecule has 6 nitrogen and oxygen atoms in total. The van der Waals surface area contributed by atoms with E-state index >= 15 is 0 Å². The number of hydrogen-bond acceptors (Lipinski definition) is 6. The second-order valence-electron chi connectivity index (χ2n) is 4.60. The molecule has 0 saturated carbocycles. The summed E-state index contributed by atoms with van der Waals surface area (Å²) < 4.78 is 9.33. The monoisotopic (exact) mass is 270 g/mol. The summed E-state index contributed by atoms with van der Waals surface area (Å²) in [5, 5.41) is 6.83. The lowest BCUT2D eigenvalue weighted by Gasteiger charge is -2.13. The summed E-state index contributed by atoms with van der Waals surface area (Å²) in [4.78, 5) is 12.0. The maximum Gasteiger partial charge on any atom is 0.258 e. The first-order valence-corrected chi connectivity index (χ1v) is 6.75. The molecule has 4 N–H and O–H groups in total. The zero-order valence-electron chi connectivity index (χ0n) is 10.5. The number of carbonyl (C=O) groups excluding carboxylic acids is 1. The van der Waals surface area contributed by atoms with Crippen LogP contribution in [0, 0.1) is 0 Å². The molecule has 7 heteroatoms. The normalized spacial score (nSPS) is 19.2. The second-order valence-corrected chi connectivity index (χ2v) is 5.38. The van der Waals surface area contributed by atoms with E-state index in [9.17, 15) is 4.79 Å². The zero-order chi connectivity index (χ0) is 13.1. The third-order valence-corrected chi connectivity index (χ3v) is 3.42. The van der Waals surface area contributed by atoms with Crippen molar-refractivity contribution in [3.8, 4) is 0 Å². The van der Waals surface area contributed by atoms with E-state index in [1.54, 1.807) is 0 Å². The summed E-state index contributed by atoms with van der Waals surface area (Å²) in [5.41, 5.74) is 6.20. The van der Waals surface area contributed by atoms with Crippen LogP contribution in [-0.4, -0.2) is 35.6 Å². The average Bonchev–Trinajstić information content (AvgIpc) is 2.88. The lowest BCUT2D eigenvalue weighted by molar-refractivity contribution is 0.0945. The van der Waals surface area contributed by atoms with Crippen molar-refractivity contribution < 1.29 is 9.53 Å². The molecule has 0 bridgehead atoms. The summed E-state index contributed by atoms with van der Waals surface area (Å²) in [7, 11) is 0. The Morgan fingerprint density at radius 1 is 1.61 bits per heavy atom. The van der Waals surface area contributed by atoms with Crippen LogP contribution in [0.4, 0.5) is 10.8 Å². The molecule has 1 fully saturated rings. The molecule has 1 aliphatic rings. The molecule has 1 amide bonds. The quantitative estimate of drug-likeness (QED) is 0.761. The van der Waals surface area contributed by atoms with Crippen LogP contribution in [0.15, 0.2) is 0 Å². The topological polar surface area (TPSA) is 89.3 Å². The molecule has 0 spiro atoms. The van der Waals surface area contributed by atoms with Crippen molar-refractivity contribution in [1.82, 2.24) is 9.69 Å². The highest BCUT2D eigenvalue weighted by atomic mass is 32.1. The van der Waals surface area contributed by atoms with Crippen LogP contribution < -0.4 is 16.4 Å². The summed E-state index contributed by atoms with van der Waals surface area (Å²) in [6.07, 6.45) is 0.934. The van der Waals surface area contributed by atoms with Gasteiger partial charge in [0.2, 0.25) is 0 Å². The van der Waals surface area contributed by atoms with Crippen LogP contribution in [0.3, 0.4) is 0 Å². The number of nitrogens with one attached hydrogen (secondary N) is 2. The van der Waals surface area contributed by atoms with Gasteiger partial charge in [0, 0.05) is 12.6 Å². The first kappa shape index (κ1) is 13.1. The first-order valence-electron chi connectivity index (χ1n) is 5.98. The summed E-state index contributed by atoms with van der Waals surface area (Å²) in [6.45, 7) is 5.22. The van der Waals surface area contributed by atoms with Gasteiger partial charge in [0.1, 0.15) is 10.6 Å². The molecular formula is C11H18N4O2S. The average molecular weight is 270 g/mol. The van der Waals surface area contributed by atoms with E-state index in [-0.39, 0.29) is 23.8 Å². The van der Waals surface area contributed by atoms with Gasteiger partial charge < -0.3 is 21.1 Å². The number of nitrogen functional groups attached to an aromatic ring is 1. The Bertz CT molecular complexity index is 427. The van der Waals surface area contributed by atoms with Crippen LogP contribution in [0.5, 0.6) is 0 Å². The molecule has 1 aromatic rings. The van der Waals surface area contributed by atoms with Gasteiger partial charge in [-0.2, -0.15) is 4.37 Å². The Labute approximate surface area is 110 Å². The second kappa shape index (κ2) is 5.53. The number of rotatable bonds is 4. The minimum absolute atomic E-state index is 0.0689. The molecule has 1 aromatic heterocycles. The summed E-state index contributed by atoms with van der Waals surface area (Å²) in [6, 6.07) is 0.301. The fourth-order valence-corrected chi connectivity index (χ4v) is 2.58. The number of nitrogens with two attached hydrogens (primary N) is 1. The molecule has 18 heavy (non-hydrogen) atoms. The largest absolute Gasteiger partial charge is 0.382 e. The van der Waals surface area contributed by atoms with Crippen molar-refractivity contribution in [2.45, 2.75) is 32.4 Å². The van der Waals surface area contributed by atoms with Gasteiger partial charge in [-0.15, -0.1) is 0 Å². The molecule has 2 rings (SSSR count). The number of carbonyl (C=O) groups is 1. The van der Waals surface area contributed by atoms with E-state index in [0.29, 0.717) is 12.2 Å². The van der Waals surface area contributed by atoms with E-state index in [4.69, 9.17) is 10.5 Å². The van der Waals surface area contributed by atoms with Gasteiger partial charge in [-0.1, -0.05) is 0 Å². The van der Waals surface area contributed by atoms with Gasteiger partial charge in [0.05, 0.1) is 12.6 Å². The van der Waals surface area contributed by atoms with Crippen molar-refractivity contribution in [1.29, 1.82) is 0 Å². The Hall–Kier alpha value is -1.34. The number of hydrogen-bond donors (Lipinski definition) is 3. The van der Waals surface area contributed by atoms with Crippen LogP contribution >= 0.6 is 11.5 Å². The van der Waals surface area contributed by atoms with Crippen molar-refractivity contribution in [2.75, 3.05) is 24.3 Å². The van der Waals surface area contributed by atoms with Gasteiger partial charge in [-0.3, -0.25) is 4.79 Å². The van der Waals surface area contributed by atoms with Gasteiger partial charge in [0.15, 0.2) is 5.82 Å². The van der Waals surface area contributed by atoms with E-state index in [0.717, 1.165) is 18.0 Å². The van der Waals surface area contributed by atoms with Crippen LogP contribution in [0.2, 0.25) is 0 Å². The SMILES string of the molecule is CC(C)NC(=O)c1c(N)nsc1NC1CCOC1. The minimum Gasteiger partial charge on any atom is -0.382 e. The Morgan fingerprint density at radius 3 is 3.00 bits per heavy atom. The lowest BCUT2D eigenvalue weighted by atomic mass is 10.2. The smallest absolute Gasteiger partial charge is 0.258 e. The van der Waals surface area contributed by atoms with Crippen molar-refractivity contribution in [3.63, 3.8) is 0 Å². The fourth-order valence-electron chi connectivity index (χ4n) is 1.79. The number of anilines is 2. The van der Waals surface area contributed by atoms with Gasteiger partial charge in [0.25, 0.3) is 5.91 Å². The molecular weight excluding hydrogens is 252 g/mol. The van der Waals surface area contributed by atoms with Gasteiger partial charge in [-0.25, -0.2) is 0 Å². The third-order valence-electron chi connectivity index (χ3n) is 2.63.